The van der Waals surface area contributed by atoms with Crippen molar-refractivity contribution < 1.29 is 4.74 Å². The van der Waals surface area contributed by atoms with Crippen molar-refractivity contribution in [1.82, 2.24) is 0 Å². The second-order valence-electron chi connectivity index (χ2n) is 17.0. The Hall–Kier alpha value is -7.94. The van der Waals surface area contributed by atoms with Crippen LogP contribution in [-0.4, -0.2) is 0 Å². The average molecular weight is 788 g/mol. The van der Waals surface area contributed by atoms with Crippen LogP contribution < -0.4 is 9.64 Å². The maximum atomic E-state index is 6.99. The van der Waals surface area contributed by atoms with Crippen molar-refractivity contribution in [2.75, 3.05) is 4.90 Å². The number of para-hydroxylation sites is 2. The van der Waals surface area contributed by atoms with Gasteiger partial charge < -0.3 is 9.64 Å². The van der Waals surface area contributed by atoms with Gasteiger partial charge in [0, 0.05) is 33.5 Å². The summed E-state index contributed by atoms with van der Waals surface area (Å²) in [5, 5.41) is 2.29. The quantitative estimate of drug-likeness (QED) is 0.177. The van der Waals surface area contributed by atoms with Crippen LogP contribution in [0.3, 0.4) is 0 Å². The molecule has 1 atom stereocenters. The maximum Gasteiger partial charge on any atom is 0.140 e. The molecule has 2 heteroatoms. The Labute approximate surface area is 360 Å². The lowest BCUT2D eigenvalue weighted by atomic mass is 9.65. The molecular weight excluding hydrogens is 751 g/mol. The second-order valence-corrected chi connectivity index (χ2v) is 17.0. The number of nitrogens with zero attached hydrogens (tertiary/aromatic N) is 1. The van der Waals surface area contributed by atoms with Crippen LogP contribution in [0.15, 0.2) is 224 Å². The van der Waals surface area contributed by atoms with E-state index in [4.69, 9.17) is 4.74 Å². The number of hydrogen-bond donors (Lipinski definition) is 0. The molecule has 0 amide bonds. The summed E-state index contributed by atoms with van der Waals surface area (Å²) in [5.74, 6) is 1.82. The first-order valence-electron chi connectivity index (χ1n) is 21.6. The van der Waals surface area contributed by atoms with Crippen molar-refractivity contribution in [1.29, 1.82) is 0 Å². The predicted molar refractivity (Wildman–Crippen MR) is 252 cm³/mol. The SMILES string of the molecule is c1ccc(N(c2ccc3c(c2)C2(c4ccccc4Oc4c2ccc2ccccc42)c2ccccc2-3)c2cccc3c2-c2ccccc2C32c3ccccc3-c3ccccc32)cc1. The number of benzene rings is 10. The molecule has 0 saturated carbocycles. The number of rotatable bonds is 3. The Morgan fingerprint density at radius 2 is 0.855 bits per heavy atom. The Morgan fingerprint density at radius 3 is 1.56 bits per heavy atom. The molecule has 62 heavy (non-hydrogen) atoms. The van der Waals surface area contributed by atoms with E-state index in [2.05, 4.69) is 229 Å². The largest absolute Gasteiger partial charge is 0.456 e. The van der Waals surface area contributed by atoms with E-state index >= 15 is 0 Å². The average Bonchev–Trinajstić information content (AvgIpc) is 3.93. The number of fused-ring (bicyclic) bond motifs is 21. The van der Waals surface area contributed by atoms with Gasteiger partial charge in [-0.05, 0) is 103 Å². The molecule has 288 valence electrons. The van der Waals surface area contributed by atoms with Gasteiger partial charge in [-0.15, -0.1) is 0 Å². The minimum atomic E-state index is -0.620. The van der Waals surface area contributed by atoms with E-state index in [9.17, 15) is 0 Å². The summed E-state index contributed by atoms with van der Waals surface area (Å²) >= 11 is 0. The van der Waals surface area contributed by atoms with Crippen LogP contribution in [-0.2, 0) is 10.8 Å². The van der Waals surface area contributed by atoms with Gasteiger partial charge in [-0.2, -0.15) is 0 Å². The molecule has 1 unspecified atom stereocenters. The number of ether oxygens (including phenoxy) is 1. The van der Waals surface area contributed by atoms with E-state index in [-0.39, 0.29) is 0 Å². The van der Waals surface area contributed by atoms with Crippen molar-refractivity contribution in [3.05, 3.63) is 269 Å². The summed E-state index contributed by atoms with van der Waals surface area (Å²) in [4.78, 5) is 2.50. The lowest BCUT2D eigenvalue weighted by molar-refractivity contribution is 0.441. The smallest absolute Gasteiger partial charge is 0.140 e. The molecule has 0 radical (unpaired) electrons. The van der Waals surface area contributed by atoms with Crippen molar-refractivity contribution in [2.45, 2.75) is 10.8 Å². The Bertz CT molecular complexity index is 3480. The van der Waals surface area contributed by atoms with Crippen LogP contribution in [0, 0.1) is 0 Å². The zero-order valence-electron chi connectivity index (χ0n) is 33.7. The highest BCUT2D eigenvalue weighted by Crippen LogP contribution is 2.66. The Morgan fingerprint density at radius 1 is 0.323 bits per heavy atom. The van der Waals surface area contributed by atoms with E-state index in [1.165, 1.54) is 77.7 Å². The summed E-state index contributed by atoms with van der Waals surface area (Å²) in [6, 6.07) is 83.2. The maximum absolute atomic E-state index is 6.99. The first-order chi connectivity index (χ1) is 30.8. The van der Waals surface area contributed by atoms with Gasteiger partial charge >= 0.3 is 0 Å². The predicted octanol–water partition coefficient (Wildman–Crippen LogP) is 15.1. The molecule has 0 N–H and O–H groups in total. The van der Waals surface area contributed by atoms with Gasteiger partial charge in [-0.25, -0.2) is 0 Å². The van der Waals surface area contributed by atoms with Gasteiger partial charge in [-0.3, -0.25) is 0 Å². The van der Waals surface area contributed by atoms with Gasteiger partial charge in [-0.1, -0.05) is 188 Å². The summed E-state index contributed by atoms with van der Waals surface area (Å²) in [6.45, 7) is 0. The minimum Gasteiger partial charge on any atom is -0.456 e. The third-order valence-electron chi connectivity index (χ3n) is 14.3. The van der Waals surface area contributed by atoms with E-state index in [1.807, 2.05) is 0 Å². The lowest BCUT2D eigenvalue weighted by Gasteiger charge is -2.40. The Kier molecular flexibility index (Phi) is 6.72. The fourth-order valence-corrected chi connectivity index (χ4v) is 12.1. The fraction of sp³-hybridized carbons (Fsp3) is 0.0333. The van der Waals surface area contributed by atoms with Crippen LogP contribution in [0.25, 0.3) is 44.2 Å². The van der Waals surface area contributed by atoms with Crippen LogP contribution >= 0.6 is 0 Å². The highest BCUT2D eigenvalue weighted by molar-refractivity contribution is 6.02. The number of hydrogen-bond acceptors (Lipinski definition) is 2. The zero-order chi connectivity index (χ0) is 40.6. The molecule has 3 aliphatic carbocycles. The standard InChI is InChI=1S/C60H37NO/c1-2-18-39(19-3-1)61(55-31-16-30-52-57(55)46-24-9-13-28-50(46)59(52)47-25-10-6-21-42(47)43-22-7-11-26-48(43)59)40-34-35-45-44-23-8-12-27-49(44)60(54(45)37-40)51-29-14-15-32-56(51)62-58-41-20-5-4-17-38(41)33-36-53(58)60/h1-37H. The van der Waals surface area contributed by atoms with Gasteiger partial charge in [0.2, 0.25) is 0 Å². The van der Waals surface area contributed by atoms with E-state index in [0.29, 0.717) is 0 Å². The minimum absolute atomic E-state index is 0.445. The van der Waals surface area contributed by atoms with E-state index in [0.717, 1.165) is 39.5 Å². The summed E-state index contributed by atoms with van der Waals surface area (Å²) in [5.41, 5.74) is 20.2. The molecule has 0 aromatic heterocycles. The molecule has 4 aliphatic rings. The molecule has 0 bridgehead atoms. The van der Waals surface area contributed by atoms with Crippen molar-refractivity contribution >= 4 is 27.8 Å². The van der Waals surface area contributed by atoms with Crippen LogP contribution in [0.1, 0.15) is 44.5 Å². The van der Waals surface area contributed by atoms with E-state index < -0.39 is 10.8 Å². The lowest BCUT2D eigenvalue weighted by Crippen LogP contribution is -2.32. The first-order valence-corrected chi connectivity index (χ1v) is 21.6. The van der Waals surface area contributed by atoms with Crippen LogP contribution in [0.5, 0.6) is 11.5 Å². The molecule has 0 fully saturated rings. The third-order valence-corrected chi connectivity index (χ3v) is 14.3. The van der Waals surface area contributed by atoms with E-state index in [1.54, 1.807) is 0 Å². The second kappa shape index (κ2) is 12.3. The molecule has 1 heterocycles. The molecule has 0 saturated heterocycles. The number of anilines is 3. The molecule has 10 aromatic rings. The monoisotopic (exact) mass is 787 g/mol. The van der Waals surface area contributed by atoms with Gasteiger partial charge in [0.05, 0.1) is 16.5 Å². The molecular formula is C60H37NO. The van der Waals surface area contributed by atoms with Crippen molar-refractivity contribution in [3.63, 3.8) is 0 Å². The van der Waals surface area contributed by atoms with Crippen LogP contribution in [0.4, 0.5) is 17.1 Å². The molecule has 2 spiro atoms. The topological polar surface area (TPSA) is 12.5 Å². The zero-order valence-corrected chi connectivity index (χ0v) is 33.7. The van der Waals surface area contributed by atoms with Crippen molar-refractivity contribution in [2.24, 2.45) is 0 Å². The normalized spacial score (nSPS) is 16.1. The summed E-state index contributed by atoms with van der Waals surface area (Å²) < 4.78 is 6.99. The van der Waals surface area contributed by atoms with Gasteiger partial charge in [0.15, 0.2) is 0 Å². The summed E-state index contributed by atoms with van der Waals surface area (Å²) in [6.07, 6.45) is 0. The fourth-order valence-electron chi connectivity index (χ4n) is 12.1. The van der Waals surface area contributed by atoms with Gasteiger partial charge in [0.25, 0.3) is 0 Å². The Balaban J connectivity index is 1.07. The van der Waals surface area contributed by atoms with Crippen LogP contribution in [0.2, 0.25) is 0 Å². The molecule has 2 nitrogen and oxygen atoms in total. The third kappa shape index (κ3) is 4.09. The molecule has 10 aromatic carbocycles. The highest BCUT2D eigenvalue weighted by atomic mass is 16.5. The first kappa shape index (κ1) is 33.8. The highest BCUT2D eigenvalue weighted by Gasteiger charge is 2.54. The van der Waals surface area contributed by atoms with Gasteiger partial charge in [0.1, 0.15) is 11.5 Å². The van der Waals surface area contributed by atoms with Crippen molar-refractivity contribution in [3.8, 4) is 44.9 Å². The summed E-state index contributed by atoms with van der Waals surface area (Å²) in [7, 11) is 0. The molecule has 14 rings (SSSR count). The molecule has 1 aliphatic heterocycles.